The largest absolute Gasteiger partial charge is 0.396 e. The van der Waals surface area contributed by atoms with E-state index in [1.54, 1.807) is 0 Å². The topological polar surface area (TPSA) is 85.1 Å². The Balaban J connectivity index is 2.42. The summed E-state index contributed by atoms with van der Waals surface area (Å²) < 4.78 is 26.8. The van der Waals surface area contributed by atoms with E-state index < -0.39 is 10.0 Å². The van der Waals surface area contributed by atoms with Gasteiger partial charge in [0.2, 0.25) is 0 Å². The van der Waals surface area contributed by atoms with E-state index in [2.05, 4.69) is 9.71 Å². The van der Waals surface area contributed by atoms with Crippen molar-refractivity contribution in [3.63, 3.8) is 0 Å². The van der Waals surface area contributed by atoms with Crippen molar-refractivity contribution in [3.8, 4) is 0 Å². The predicted molar refractivity (Wildman–Crippen MR) is 85.9 cm³/mol. The minimum Gasteiger partial charge on any atom is -0.396 e. The molecule has 0 atom stereocenters. The first kappa shape index (κ1) is 16.5. The zero-order chi connectivity index (χ0) is 15.8. The van der Waals surface area contributed by atoms with Crippen molar-refractivity contribution >= 4 is 67.8 Å². The second-order valence-corrected chi connectivity index (χ2v) is 7.09. The van der Waals surface area contributed by atoms with Gasteiger partial charge >= 0.3 is 0 Å². The lowest BCUT2D eigenvalue weighted by atomic mass is 10.3. The number of nitrogens with two attached hydrogens (primary N) is 1. The number of hydrogen-bond acceptors (Lipinski definition) is 4. The normalized spacial score (nSPS) is 11.4. The second-order valence-electron chi connectivity index (χ2n) is 3.88. The van der Waals surface area contributed by atoms with Crippen molar-refractivity contribution < 1.29 is 8.42 Å². The average Bonchev–Trinajstić information content (AvgIpc) is 2.34. The summed E-state index contributed by atoms with van der Waals surface area (Å²) in [6.45, 7) is 0. The van der Waals surface area contributed by atoms with E-state index in [0.29, 0.717) is 0 Å². The molecule has 0 saturated heterocycles. The molecule has 0 saturated carbocycles. The molecule has 0 spiro atoms. The Morgan fingerprint density at radius 1 is 1.05 bits per heavy atom. The lowest BCUT2D eigenvalue weighted by molar-refractivity contribution is 0.601. The first-order chi connectivity index (χ1) is 9.70. The minimum absolute atomic E-state index is 0.0810. The Morgan fingerprint density at radius 2 is 1.62 bits per heavy atom. The van der Waals surface area contributed by atoms with Gasteiger partial charge in [-0.25, -0.2) is 13.4 Å². The standard InChI is InChI=1S/C11H7Cl4N3O2S/c12-6-3-5(4-7(13)10(6)16)18-21(19,20)8-1-2-9(14)17-11(8)15/h1-4,18H,16H2. The molecule has 1 aromatic heterocycles. The molecule has 0 bridgehead atoms. The lowest BCUT2D eigenvalue weighted by Crippen LogP contribution is -2.14. The van der Waals surface area contributed by atoms with Gasteiger partial charge in [-0.05, 0) is 24.3 Å². The Kier molecular flexibility index (Phi) is 4.75. The van der Waals surface area contributed by atoms with E-state index >= 15 is 0 Å². The molecule has 0 radical (unpaired) electrons. The molecule has 5 nitrogen and oxygen atoms in total. The molecular weight excluding hydrogens is 380 g/mol. The Morgan fingerprint density at radius 3 is 2.14 bits per heavy atom. The molecule has 0 unspecified atom stereocenters. The highest BCUT2D eigenvalue weighted by Crippen LogP contribution is 2.32. The molecule has 0 aliphatic rings. The maximum Gasteiger partial charge on any atom is 0.264 e. The Bertz CT molecular complexity index is 788. The molecule has 0 aliphatic heterocycles. The third-order valence-electron chi connectivity index (χ3n) is 2.40. The molecule has 0 amide bonds. The predicted octanol–water partition coefficient (Wildman–Crippen LogP) is 4.08. The van der Waals surface area contributed by atoms with Crippen LogP contribution in [0.1, 0.15) is 0 Å². The molecule has 10 heteroatoms. The number of halogens is 4. The number of pyridine rings is 1. The van der Waals surface area contributed by atoms with Crippen molar-refractivity contribution in [2.24, 2.45) is 0 Å². The second kappa shape index (κ2) is 6.06. The van der Waals surface area contributed by atoms with Gasteiger partial charge in [-0.3, -0.25) is 4.72 Å². The van der Waals surface area contributed by atoms with Gasteiger partial charge in [0.05, 0.1) is 21.4 Å². The maximum absolute atomic E-state index is 12.2. The highest BCUT2D eigenvalue weighted by molar-refractivity contribution is 7.92. The van der Waals surface area contributed by atoms with Crippen molar-refractivity contribution in [3.05, 3.63) is 44.6 Å². The summed E-state index contributed by atoms with van der Waals surface area (Å²) in [6.07, 6.45) is 0. The average molecular weight is 387 g/mol. The SMILES string of the molecule is Nc1c(Cl)cc(NS(=O)(=O)c2ccc(Cl)nc2Cl)cc1Cl. The van der Waals surface area contributed by atoms with Crippen molar-refractivity contribution in [1.29, 1.82) is 0 Å². The van der Waals surface area contributed by atoms with E-state index in [9.17, 15) is 8.42 Å². The number of hydrogen-bond donors (Lipinski definition) is 2. The van der Waals surface area contributed by atoms with Gasteiger partial charge in [0, 0.05) is 0 Å². The van der Waals surface area contributed by atoms with Crippen LogP contribution in [-0.4, -0.2) is 13.4 Å². The molecule has 2 rings (SSSR count). The third-order valence-corrected chi connectivity index (χ3v) is 5.05. The number of benzene rings is 1. The van der Waals surface area contributed by atoms with E-state index in [0.717, 1.165) is 0 Å². The van der Waals surface area contributed by atoms with E-state index in [4.69, 9.17) is 52.1 Å². The maximum atomic E-state index is 12.2. The summed E-state index contributed by atoms with van der Waals surface area (Å²) in [4.78, 5) is 3.45. The number of rotatable bonds is 3. The fourth-order valence-electron chi connectivity index (χ4n) is 1.45. The van der Waals surface area contributed by atoms with Gasteiger partial charge in [0.1, 0.15) is 10.0 Å². The smallest absolute Gasteiger partial charge is 0.264 e. The fraction of sp³-hybridized carbons (Fsp3) is 0. The van der Waals surface area contributed by atoms with Gasteiger partial charge in [0.15, 0.2) is 5.15 Å². The quantitative estimate of drug-likeness (QED) is 0.614. The summed E-state index contributed by atoms with van der Waals surface area (Å²) in [5, 5.41) is 0.0845. The van der Waals surface area contributed by atoms with Crippen LogP contribution in [0.2, 0.25) is 20.4 Å². The molecule has 1 aromatic carbocycles. The molecule has 2 aromatic rings. The van der Waals surface area contributed by atoms with Crippen LogP contribution in [0.25, 0.3) is 0 Å². The molecule has 21 heavy (non-hydrogen) atoms. The highest BCUT2D eigenvalue weighted by atomic mass is 35.5. The minimum atomic E-state index is -3.97. The van der Waals surface area contributed by atoms with Crippen LogP contribution >= 0.6 is 46.4 Å². The van der Waals surface area contributed by atoms with Crippen LogP contribution in [0.5, 0.6) is 0 Å². The molecular formula is C11H7Cl4N3O2S. The van der Waals surface area contributed by atoms with Gasteiger partial charge < -0.3 is 5.73 Å². The molecule has 1 heterocycles. The number of sulfonamides is 1. The van der Waals surface area contributed by atoms with Crippen LogP contribution < -0.4 is 10.5 Å². The van der Waals surface area contributed by atoms with Crippen molar-refractivity contribution in [2.45, 2.75) is 4.90 Å². The summed E-state index contributed by atoms with van der Waals surface area (Å²) in [5.74, 6) is 0. The van der Waals surface area contributed by atoms with Crippen LogP contribution in [0.4, 0.5) is 11.4 Å². The summed E-state index contributed by atoms with van der Waals surface area (Å²) in [6, 6.07) is 5.21. The monoisotopic (exact) mass is 385 g/mol. The van der Waals surface area contributed by atoms with Crippen molar-refractivity contribution in [1.82, 2.24) is 4.98 Å². The summed E-state index contributed by atoms with van der Waals surface area (Å²) in [7, 11) is -3.97. The lowest BCUT2D eigenvalue weighted by Gasteiger charge is -2.11. The van der Waals surface area contributed by atoms with Gasteiger partial charge in [-0.2, -0.15) is 0 Å². The number of anilines is 2. The van der Waals surface area contributed by atoms with Crippen LogP contribution in [-0.2, 0) is 10.0 Å². The van der Waals surface area contributed by atoms with Gasteiger partial charge in [-0.1, -0.05) is 46.4 Å². The van der Waals surface area contributed by atoms with Crippen LogP contribution in [0.3, 0.4) is 0 Å². The molecule has 0 aliphatic carbocycles. The van der Waals surface area contributed by atoms with E-state index in [-0.39, 0.29) is 36.6 Å². The first-order valence-corrected chi connectivity index (χ1v) is 8.29. The molecule has 3 N–H and O–H groups in total. The van der Waals surface area contributed by atoms with Gasteiger partial charge in [0.25, 0.3) is 10.0 Å². The fourth-order valence-corrected chi connectivity index (χ4v) is 3.64. The molecule has 0 fully saturated rings. The van der Waals surface area contributed by atoms with E-state index in [1.807, 2.05) is 0 Å². The third kappa shape index (κ3) is 3.64. The Hall–Kier alpha value is -0.920. The van der Waals surface area contributed by atoms with E-state index in [1.165, 1.54) is 24.3 Å². The zero-order valence-corrected chi connectivity index (χ0v) is 13.9. The van der Waals surface area contributed by atoms with Gasteiger partial charge in [-0.15, -0.1) is 0 Å². The molecule has 112 valence electrons. The Labute approximate surface area is 141 Å². The summed E-state index contributed by atoms with van der Waals surface area (Å²) >= 11 is 23.1. The van der Waals surface area contributed by atoms with Crippen molar-refractivity contribution in [2.75, 3.05) is 10.5 Å². The van der Waals surface area contributed by atoms with Crippen LogP contribution in [0, 0.1) is 0 Å². The first-order valence-electron chi connectivity index (χ1n) is 5.30. The zero-order valence-electron chi connectivity index (χ0n) is 10.1. The number of nitrogen functional groups attached to an aromatic ring is 1. The summed E-state index contributed by atoms with van der Waals surface area (Å²) in [5.41, 5.74) is 5.88. The number of nitrogens with zero attached hydrogens (tertiary/aromatic N) is 1. The number of aromatic nitrogens is 1. The number of nitrogens with one attached hydrogen (secondary N) is 1. The van der Waals surface area contributed by atoms with Crippen LogP contribution in [0.15, 0.2) is 29.2 Å². The highest BCUT2D eigenvalue weighted by Gasteiger charge is 2.20.